The fourth-order valence-electron chi connectivity index (χ4n) is 3.27. The van der Waals surface area contributed by atoms with Gasteiger partial charge in [0.2, 0.25) is 0 Å². The molecule has 1 aliphatic heterocycles. The van der Waals surface area contributed by atoms with Crippen LogP contribution in [-0.2, 0) is 6.54 Å². The normalized spacial score (nSPS) is 17.6. The molecule has 3 heterocycles. The van der Waals surface area contributed by atoms with E-state index in [0.29, 0.717) is 6.04 Å². The molecular formula is C19H22N6. The summed E-state index contributed by atoms with van der Waals surface area (Å²) in [7, 11) is 0. The molecule has 1 aliphatic rings. The summed E-state index contributed by atoms with van der Waals surface area (Å²) in [5, 5.41) is 11.9. The Bertz CT molecular complexity index is 769. The van der Waals surface area contributed by atoms with E-state index in [0.717, 1.165) is 31.1 Å². The number of imidazole rings is 1. The molecule has 25 heavy (non-hydrogen) atoms. The molecule has 0 spiro atoms. The Labute approximate surface area is 147 Å². The minimum Gasteiger partial charge on any atom is -0.354 e. The van der Waals surface area contributed by atoms with Crippen molar-refractivity contribution in [1.82, 2.24) is 25.1 Å². The van der Waals surface area contributed by atoms with Gasteiger partial charge in [0.1, 0.15) is 0 Å². The summed E-state index contributed by atoms with van der Waals surface area (Å²) in [4.78, 5) is 6.40. The van der Waals surface area contributed by atoms with Crippen LogP contribution in [0.5, 0.6) is 0 Å². The third-order valence-corrected chi connectivity index (χ3v) is 4.64. The Morgan fingerprint density at radius 1 is 1.12 bits per heavy atom. The quantitative estimate of drug-likeness (QED) is 0.776. The third kappa shape index (κ3) is 3.85. The van der Waals surface area contributed by atoms with E-state index in [1.54, 1.807) is 12.4 Å². The van der Waals surface area contributed by atoms with Crippen LogP contribution in [0.2, 0.25) is 0 Å². The summed E-state index contributed by atoms with van der Waals surface area (Å²) in [5.74, 6) is 0.971. The summed E-state index contributed by atoms with van der Waals surface area (Å²) < 4.78 is 2.01. The maximum Gasteiger partial charge on any atom is 0.151 e. The minimum atomic E-state index is 0.476. The second kappa shape index (κ2) is 7.44. The number of hydrogen-bond acceptors (Lipinski definition) is 5. The van der Waals surface area contributed by atoms with Gasteiger partial charge < -0.3 is 14.8 Å². The van der Waals surface area contributed by atoms with Gasteiger partial charge >= 0.3 is 0 Å². The van der Waals surface area contributed by atoms with E-state index in [2.05, 4.69) is 49.7 Å². The van der Waals surface area contributed by atoms with Gasteiger partial charge in [0.15, 0.2) is 5.82 Å². The number of benzene rings is 1. The molecule has 6 nitrogen and oxygen atoms in total. The van der Waals surface area contributed by atoms with E-state index in [9.17, 15) is 0 Å². The lowest BCUT2D eigenvalue weighted by Crippen LogP contribution is -2.45. The molecule has 1 N–H and O–H groups in total. The molecule has 0 amide bonds. The summed E-state index contributed by atoms with van der Waals surface area (Å²) in [6.45, 7) is 2.91. The van der Waals surface area contributed by atoms with Crippen molar-refractivity contribution in [3.8, 4) is 5.69 Å². The number of hydrogen-bond donors (Lipinski definition) is 1. The Hall–Kier alpha value is -2.73. The second-order valence-corrected chi connectivity index (χ2v) is 6.38. The van der Waals surface area contributed by atoms with Gasteiger partial charge in [-0.1, -0.05) is 12.1 Å². The highest BCUT2D eigenvalue weighted by Gasteiger charge is 2.20. The Morgan fingerprint density at radius 3 is 2.80 bits per heavy atom. The molecule has 128 valence electrons. The first-order chi connectivity index (χ1) is 12.4. The molecule has 1 atom stereocenters. The van der Waals surface area contributed by atoms with E-state index in [-0.39, 0.29) is 0 Å². The molecule has 4 rings (SSSR count). The lowest BCUT2D eigenvalue weighted by molar-refractivity contribution is 0.419. The highest BCUT2D eigenvalue weighted by atomic mass is 15.3. The number of anilines is 1. The molecule has 1 saturated heterocycles. The van der Waals surface area contributed by atoms with E-state index in [1.165, 1.54) is 18.4 Å². The molecule has 1 fully saturated rings. The van der Waals surface area contributed by atoms with Gasteiger partial charge in [-0.05, 0) is 42.7 Å². The van der Waals surface area contributed by atoms with Gasteiger partial charge in [-0.3, -0.25) is 0 Å². The molecule has 0 aliphatic carbocycles. The molecule has 0 radical (unpaired) electrons. The molecular weight excluding hydrogens is 312 g/mol. The Kier molecular flexibility index (Phi) is 4.70. The smallest absolute Gasteiger partial charge is 0.151 e. The minimum absolute atomic E-state index is 0.476. The maximum absolute atomic E-state index is 4.23. The van der Waals surface area contributed by atoms with Crippen molar-refractivity contribution >= 4 is 5.82 Å². The van der Waals surface area contributed by atoms with Crippen LogP contribution in [0.1, 0.15) is 18.4 Å². The van der Waals surface area contributed by atoms with E-state index < -0.39 is 0 Å². The predicted molar refractivity (Wildman–Crippen MR) is 97.7 cm³/mol. The summed E-state index contributed by atoms with van der Waals surface area (Å²) in [5.41, 5.74) is 2.42. The molecule has 1 aromatic carbocycles. The van der Waals surface area contributed by atoms with Gasteiger partial charge in [-0.15, -0.1) is 5.10 Å². The first kappa shape index (κ1) is 15.8. The summed E-state index contributed by atoms with van der Waals surface area (Å²) in [6.07, 6.45) is 9.66. The van der Waals surface area contributed by atoms with E-state index in [4.69, 9.17) is 0 Å². The first-order valence-corrected chi connectivity index (χ1v) is 8.72. The Balaban J connectivity index is 1.33. The van der Waals surface area contributed by atoms with E-state index in [1.807, 2.05) is 29.2 Å². The molecule has 0 saturated carbocycles. The predicted octanol–water partition coefficient (Wildman–Crippen LogP) is 2.42. The number of nitrogens with one attached hydrogen (secondary N) is 1. The van der Waals surface area contributed by atoms with Crippen molar-refractivity contribution in [2.45, 2.75) is 25.4 Å². The van der Waals surface area contributed by atoms with Gasteiger partial charge in [0.05, 0.1) is 6.33 Å². The van der Waals surface area contributed by atoms with E-state index >= 15 is 0 Å². The van der Waals surface area contributed by atoms with Gasteiger partial charge in [0, 0.05) is 50.0 Å². The van der Waals surface area contributed by atoms with Crippen LogP contribution in [-0.4, -0.2) is 38.9 Å². The topological polar surface area (TPSA) is 58.9 Å². The van der Waals surface area contributed by atoms with Crippen LogP contribution >= 0.6 is 0 Å². The SMILES string of the molecule is c1cnnc(N2CCC[C@H](NCc3ccc(-n4ccnc4)cc3)C2)c1. The average Bonchev–Trinajstić information content (AvgIpc) is 3.23. The fraction of sp³-hybridized carbons (Fsp3) is 0.316. The molecule has 6 heteroatoms. The Morgan fingerprint density at radius 2 is 2.04 bits per heavy atom. The van der Waals surface area contributed by atoms with Crippen molar-refractivity contribution < 1.29 is 0 Å². The zero-order chi connectivity index (χ0) is 16.9. The van der Waals surface area contributed by atoms with Crippen molar-refractivity contribution in [3.63, 3.8) is 0 Å². The molecule has 0 unspecified atom stereocenters. The van der Waals surface area contributed by atoms with Gasteiger partial charge in [-0.25, -0.2) is 4.98 Å². The van der Waals surface area contributed by atoms with Crippen LogP contribution < -0.4 is 10.2 Å². The number of nitrogens with zero attached hydrogens (tertiary/aromatic N) is 5. The lowest BCUT2D eigenvalue weighted by Gasteiger charge is -2.33. The largest absolute Gasteiger partial charge is 0.354 e. The standard InChI is InChI=1S/C19H22N6/c1-4-19(23-22-9-1)24-11-2-3-17(14-24)21-13-16-5-7-18(8-6-16)25-12-10-20-15-25/h1,4-10,12,15,17,21H,2-3,11,13-14H2/t17-/m0/s1. The maximum atomic E-state index is 4.23. The highest BCUT2D eigenvalue weighted by molar-refractivity contribution is 5.37. The molecule has 3 aromatic rings. The summed E-state index contributed by atoms with van der Waals surface area (Å²) >= 11 is 0. The number of rotatable bonds is 5. The zero-order valence-corrected chi connectivity index (χ0v) is 14.1. The van der Waals surface area contributed by atoms with Crippen molar-refractivity contribution in [3.05, 3.63) is 66.9 Å². The summed E-state index contributed by atoms with van der Waals surface area (Å²) in [6, 6.07) is 13.1. The monoisotopic (exact) mass is 334 g/mol. The van der Waals surface area contributed by atoms with Crippen molar-refractivity contribution in [2.24, 2.45) is 0 Å². The molecule has 2 aromatic heterocycles. The van der Waals surface area contributed by atoms with Crippen LogP contribution in [0.4, 0.5) is 5.82 Å². The third-order valence-electron chi connectivity index (χ3n) is 4.64. The number of piperidine rings is 1. The van der Waals surface area contributed by atoms with Crippen LogP contribution in [0.3, 0.4) is 0 Å². The first-order valence-electron chi connectivity index (χ1n) is 8.72. The fourth-order valence-corrected chi connectivity index (χ4v) is 3.27. The average molecular weight is 334 g/mol. The highest BCUT2D eigenvalue weighted by Crippen LogP contribution is 2.17. The van der Waals surface area contributed by atoms with Crippen molar-refractivity contribution in [1.29, 1.82) is 0 Å². The number of aromatic nitrogens is 4. The lowest BCUT2D eigenvalue weighted by atomic mass is 10.1. The zero-order valence-electron chi connectivity index (χ0n) is 14.1. The van der Waals surface area contributed by atoms with Crippen molar-refractivity contribution in [2.75, 3.05) is 18.0 Å². The van der Waals surface area contributed by atoms with Crippen LogP contribution in [0.25, 0.3) is 5.69 Å². The molecule has 0 bridgehead atoms. The van der Waals surface area contributed by atoms with Crippen LogP contribution in [0.15, 0.2) is 61.3 Å². The second-order valence-electron chi connectivity index (χ2n) is 6.38. The van der Waals surface area contributed by atoms with Gasteiger partial charge in [0.25, 0.3) is 0 Å². The van der Waals surface area contributed by atoms with Gasteiger partial charge in [-0.2, -0.15) is 5.10 Å². The van der Waals surface area contributed by atoms with Crippen LogP contribution in [0, 0.1) is 0 Å².